The summed E-state index contributed by atoms with van der Waals surface area (Å²) in [7, 11) is -2.68. The highest BCUT2D eigenvalue weighted by atomic mass is 35.5. The molecule has 0 saturated carbocycles. The predicted octanol–water partition coefficient (Wildman–Crippen LogP) is 4.42. The highest BCUT2D eigenvalue weighted by molar-refractivity contribution is 7.89. The van der Waals surface area contributed by atoms with Crippen LogP contribution in [0.2, 0.25) is 5.02 Å². The highest BCUT2D eigenvalue weighted by Gasteiger charge is 2.33. The third kappa shape index (κ3) is 7.61. The molecule has 222 valence electrons. The van der Waals surface area contributed by atoms with Crippen molar-refractivity contribution in [2.45, 2.75) is 43.5 Å². The third-order valence-electron chi connectivity index (χ3n) is 6.52. The Kier molecular flexibility index (Phi) is 9.80. The Morgan fingerprint density at radius 1 is 1.05 bits per heavy atom. The van der Waals surface area contributed by atoms with Crippen LogP contribution < -0.4 is 9.62 Å². The van der Waals surface area contributed by atoms with Crippen molar-refractivity contribution in [3.8, 4) is 0 Å². The van der Waals surface area contributed by atoms with Gasteiger partial charge in [-0.3, -0.25) is 14.5 Å². The number of aryl methyl sites for hydroxylation is 1. The number of ketones is 1. The van der Waals surface area contributed by atoms with E-state index in [0.29, 0.717) is 12.1 Å². The third-order valence-corrected chi connectivity index (χ3v) is 8.20. The number of Topliss-reactive ketones (excluding diaryl/α,β-unsaturated/α-hetero) is 1. The summed E-state index contributed by atoms with van der Waals surface area (Å²) in [5.41, 5.74) is 1.41. The minimum Gasteiger partial charge on any atom is -0.462 e. The van der Waals surface area contributed by atoms with Gasteiger partial charge in [-0.15, -0.1) is 0 Å². The van der Waals surface area contributed by atoms with E-state index >= 15 is 0 Å². The molecule has 1 unspecified atom stereocenters. The molecule has 0 spiro atoms. The Hall–Kier alpha value is -3.61. The summed E-state index contributed by atoms with van der Waals surface area (Å²) < 4.78 is 43.8. The Balaban J connectivity index is 1.48. The van der Waals surface area contributed by atoms with Crippen LogP contribution in [0.15, 0.2) is 77.7 Å². The normalized spacial score (nSPS) is 16.1. The van der Waals surface area contributed by atoms with Crippen molar-refractivity contribution in [1.29, 1.82) is 0 Å². The van der Waals surface area contributed by atoms with Crippen molar-refractivity contribution >= 4 is 50.7 Å². The van der Waals surface area contributed by atoms with E-state index in [1.54, 1.807) is 56.3 Å². The molecule has 1 aliphatic rings. The van der Waals surface area contributed by atoms with Crippen molar-refractivity contribution < 1.29 is 37.0 Å². The molecule has 1 atom stereocenters. The maximum atomic E-state index is 13.4. The second-order valence-electron chi connectivity index (χ2n) is 10.00. The molecule has 1 N–H and O–H groups in total. The number of nitrogens with one attached hydrogen (secondary N) is 1. The topological polar surface area (TPSA) is 128 Å². The van der Waals surface area contributed by atoms with Gasteiger partial charge in [0.25, 0.3) is 0 Å². The summed E-state index contributed by atoms with van der Waals surface area (Å²) in [6.45, 7) is 3.89. The first kappa shape index (κ1) is 31.3. The van der Waals surface area contributed by atoms with Gasteiger partial charge in [0.1, 0.15) is 0 Å². The Morgan fingerprint density at radius 2 is 1.74 bits per heavy atom. The van der Waals surface area contributed by atoms with Gasteiger partial charge in [-0.1, -0.05) is 41.9 Å². The largest absolute Gasteiger partial charge is 0.462 e. The number of anilines is 2. The number of esters is 1. The standard InChI is InChI=1S/C30H31ClN2O8S/c1-30(2)40-19-23(41-30)18-32-42(37,38)24-13-9-20(10-14-24)11-16-27(34)25-15-12-21(31)17-26(25)33(28(35)29(36)39-3)22-7-5-4-6-8-22/h4-10,12-15,17,23,32H,11,16,18-19H2,1-3H3. The van der Waals surface area contributed by atoms with Gasteiger partial charge in [-0.05, 0) is 68.3 Å². The number of hydrogen-bond acceptors (Lipinski definition) is 8. The minimum absolute atomic E-state index is 0.0445. The lowest BCUT2D eigenvalue weighted by atomic mass is 10.0. The van der Waals surface area contributed by atoms with Crippen LogP contribution >= 0.6 is 11.6 Å². The Bertz CT molecular complexity index is 1560. The molecule has 1 heterocycles. The Labute approximate surface area is 249 Å². The zero-order chi connectivity index (χ0) is 30.5. The first-order chi connectivity index (χ1) is 19.9. The fourth-order valence-corrected chi connectivity index (χ4v) is 5.66. The molecular weight excluding hydrogens is 584 g/mol. The number of rotatable bonds is 10. The number of hydrogen-bond donors (Lipinski definition) is 1. The average molecular weight is 615 g/mol. The van der Waals surface area contributed by atoms with Gasteiger partial charge in [0.15, 0.2) is 11.6 Å². The van der Waals surface area contributed by atoms with E-state index in [2.05, 4.69) is 9.46 Å². The molecular formula is C30H31ClN2O8S. The molecule has 3 aromatic rings. The van der Waals surface area contributed by atoms with Gasteiger partial charge >= 0.3 is 11.9 Å². The molecule has 1 fully saturated rings. The molecule has 1 aliphatic heterocycles. The number of nitrogens with zero attached hydrogens (tertiary/aromatic N) is 1. The Morgan fingerprint density at radius 3 is 2.36 bits per heavy atom. The van der Waals surface area contributed by atoms with Crippen molar-refractivity contribution in [2.75, 3.05) is 25.2 Å². The summed E-state index contributed by atoms with van der Waals surface area (Å²) >= 11 is 6.23. The quantitative estimate of drug-likeness (QED) is 0.202. The van der Waals surface area contributed by atoms with E-state index in [-0.39, 0.29) is 46.5 Å². The van der Waals surface area contributed by atoms with Crippen LogP contribution in [0.5, 0.6) is 0 Å². The molecule has 42 heavy (non-hydrogen) atoms. The lowest BCUT2D eigenvalue weighted by Gasteiger charge is -2.24. The number of carbonyl (C=O) groups excluding carboxylic acids is 3. The lowest BCUT2D eigenvalue weighted by molar-refractivity contribution is -0.151. The number of para-hydroxylation sites is 1. The summed E-state index contributed by atoms with van der Waals surface area (Å²) in [5.74, 6) is -3.14. The lowest BCUT2D eigenvalue weighted by Crippen LogP contribution is -2.34. The van der Waals surface area contributed by atoms with E-state index in [1.807, 2.05) is 0 Å². The predicted molar refractivity (Wildman–Crippen MR) is 156 cm³/mol. The molecule has 3 aromatic carbocycles. The van der Waals surface area contributed by atoms with Crippen molar-refractivity contribution in [2.24, 2.45) is 0 Å². The van der Waals surface area contributed by atoms with Gasteiger partial charge < -0.3 is 14.2 Å². The molecule has 10 nitrogen and oxygen atoms in total. The van der Waals surface area contributed by atoms with Crippen LogP contribution in [0.4, 0.5) is 11.4 Å². The van der Waals surface area contributed by atoms with E-state index in [0.717, 1.165) is 17.6 Å². The molecule has 1 saturated heterocycles. The average Bonchev–Trinajstić information content (AvgIpc) is 3.33. The first-order valence-electron chi connectivity index (χ1n) is 13.1. The number of halogens is 1. The number of ether oxygens (including phenoxy) is 3. The molecule has 0 aliphatic carbocycles. The van der Waals surface area contributed by atoms with Crippen molar-refractivity contribution in [3.05, 3.63) is 88.9 Å². The van der Waals surface area contributed by atoms with Crippen LogP contribution in [-0.4, -0.2) is 58.2 Å². The van der Waals surface area contributed by atoms with Crippen LogP contribution in [0.25, 0.3) is 0 Å². The van der Waals surface area contributed by atoms with Crippen LogP contribution in [0.1, 0.15) is 36.2 Å². The van der Waals surface area contributed by atoms with E-state index in [1.165, 1.54) is 30.3 Å². The van der Waals surface area contributed by atoms with E-state index < -0.39 is 33.8 Å². The van der Waals surface area contributed by atoms with Crippen LogP contribution in [0.3, 0.4) is 0 Å². The van der Waals surface area contributed by atoms with Gasteiger partial charge in [-0.25, -0.2) is 17.9 Å². The zero-order valence-corrected chi connectivity index (χ0v) is 24.9. The van der Waals surface area contributed by atoms with E-state index in [9.17, 15) is 22.8 Å². The second kappa shape index (κ2) is 13.1. The van der Waals surface area contributed by atoms with E-state index in [4.69, 9.17) is 21.1 Å². The summed E-state index contributed by atoms with van der Waals surface area (Å²) in [4.78, 5) is 39.8. The van der Waals surface area contributed by atoms with Gasteiger partial charge in [0.05, 0.1) is 30.4 Å². The number of methoxy groups -OCH3 is 1. The van der Waals surface area contributed by atoms with Crippen molar-refractivity contribution in [1.82, 2.24) is 4.72 Å². The number of sulfonamides is 1. The minimum atomic E-state index is -3.78. The second-order valence-corrected chi connectivity index (χ2v) is 12.2. The number of benzene rings is 3. The molecule has 4 rings (SSSR count). The monoisotopic (exact) mass is 614 g/mol. The molecule has 0 bridgehead atoms. The maximum absolute atomic E-state index is 13.4. The fraction of sp³-hybridized carbons (Fsp3) is 0.300. The summed E-state index contributed by atoms with van der Waals surface area (Å²) in [5, 5.41) is 0.265. The highest BCUT2D eigenvalue weighted by Crippen LogP contribution is 2.33. The fourth-order valence-electron chi connectivity index (χ4n) is 4.42. The van der Waals surface area contributed by atoms with Gasteiger partial charge in [0.2, 0.25) is 10.0 Å². The summed E-state index contributed by atoms with van der Waals surface area (Å²) in [6, 6.07) is 19.1. The smallest absolute Gasteiger partial charge is 0.397 e. The number of carbonyl (C=O) groups is 3. The molecule has 1 amide bonds. The molecule has 0 aromatic heterocycles. The molecule has 12 heteroatoms. The van der Waals surface area contributed by atoms with Crippen LogP contribution in [0, 0.1) is 0 Å². The molecule has 0 radical (unpaired) electrons. The van der Waals surface area contributed by atoms with Gasteiger partial charge in [-0.2, -0.15) is 0 Å². The summed E-state index contributed by atoms with van der Waals surface area (Å²) in [6.07, 6.45) is -0.0469. The SMILES string of the molecule is COC(=O)C(=O)N(c1ccccc1)c1cc(Cl)ccc1C(=O)CCc1ccc(S(=O)(=O)NCC2COC(C)(C)O2)cc1. The first-order valence-corrected chi connectivity index (χ1v) is 15.0. The van der Waals surface area contributed by atoms with Crippen molar-refractivity contribution in [3.63, 3.8) is 0 Å². The number of amides is 1. The van der Waals surface area contributed by atoms with Gasteiger partial charge in [0, 0.05) is 29.2 Å². The zero-order valence-electron chi connectivity index (χ0n) is 23.3. The van der Waals surface area contributed by atoms with Crippen LogP contribution in [-0.2, 0) is 40.2 Å². The maximum Gasteiger partial charge on any atom is 0.397 e.